The molecule has 0 heterocycles. The largest absolute Gasteiger partial charge is 3.00 e. The van der Waals surface area contributed by atoms with Gasteiger partial charge in [-0.3, -0.25) is 0 Å². The molecule has 0 aliphatic rings. The molecule has 0 amide bonds. The van der Waals surface area contributed by atoms with Crippen LogP contribution >= 0.6 is 0 Å². The van der Waals surface area contributed by atoms with Gasteiger partial charge < -0.3 is 42.7 Å². The van der Waals surface area contributed by atoms with Crippen LogP contribution < -0.4 is 37.2 Å². The van der Waals surface area contributed by atoms with E-state index in [0.717, 1.165) is 0 Å². The molecular weight excluding hydrogens is 331 g/mol. The van der Waals surface area contributed by atoms with Crippen LogP contribution in [-0.4, -0.2) is 31.7 Å². The molecule has 0 aromatic carbocycles. The summed E-state index contributed by atoms with van der Waals surface area (Å²) in [5.74, 6) is 0. The van der Waals surface area contributed by atoms with Crippen LogP contribution in [0.25, 0.3) is 0 Å². The Morgan fingerprint density at radius 2 is 0.600 bits per heavy atom. The summed E-state index contributed by atoms with van der Waals surface area (Å²) in [5, 5.41) is 0. The standard InChI is InChI=1S/Bi.3ClH.H2O/h;3*1H;1H2/q+3;;;;/p-3. The summed E-state index contributed by atoms with van der Waals surface area (Å²) in [7, 11) is 0. The molecular formula is H2BiCl3O. The van der Waals surface area contributed by atoms with Crippen molar-refractivity contribution in [1.82, 2.24) is 0 Å². The van der Waals surface area contributed by atoms with Gasteiger partial charge in [0.2, 0.25) is 0 Å². The maximum Gasteiger partial charge on any atom is 3.00 e. The van der Waals surface area contributed by atoms with Crippen molar-refractivity contribution in [2.24, 2.45) is 0 Å². The third-order valence-electron chi connectivity index (χ3n) is 0. The molecule has 0 rings (SSSR count). The van der Waals surface area contributed by atoms with Gasteiger partial charge in [-0.15, -0.1) is 0 Å². The van der Waals surface area contributed by atoms with E-state index in [1.807, 2.05) is 0 Å². The van der Waals surface area contributed by atoms with Crippen LogP contribution in [0.1, 0.15) is 0 Å². The zero-order valence-electron chi connectivity index (χ0n) is 2.08. The molecule has 0 aromatic rings. The fourth-order valence-electron chi connectivity index (χ4n) is 0. The van der Waals surface area contributed by atoms with Crippen LogP contribution in [0.3, 0.4) is 0 Å². The summed E-state index contributed by atoms with van der Waals surface area (Å²) in [4.78, 5) is 0. The molecule has 0 spiro atoms. The smallest absolute Gasteiger partial charge is 1.00 e. The third-order valence-corrected chi connectivity index (χ3v) is 0. The Balaban J connectivity index is 0. The average Bonchev–Trinajstić information content (AvgIpc) is 0. The molecule has 5 heteroatoms. The summed E-state index contributed by atoms with van der Waals surface area (Å²) < 4.78 is 0. The van der Waals surface area contributed by atoms with E-state index < -0.39 is 0 Å². The van der Waals surface area contributed by atoms with Crippen LogP contribution in [0.4, 0.5) is 0 Å². The van der Waals surface area contributed by atoms with Crippen molar-refractivity contribution in [2.75, 3.05) is 0 Å². The third kappa shape index (κ3) is 26.8. The van der Waals surface area contributed by atoms with Gasteiger partial charge in [-0.25, -0.2) is 0 Å². The van der Waals surface area contributed by atoms with E-state index in [1.165, 1.54) is 0 Å². The molecule has 0 aromatic heterocycles. The van der Waals surface area contributed by atoms with Crippen molar-refractivity contribution in [1.29, 1.82) is 0 Å². The number of halogens is 3. The zero-order valence-corrected chi connectivity index (χ0v) is 7.83. The summed E-state index contributed by atoms with van der Waals surface area (Å²) >= 11 is 0. The molecule has 34 valence electrons. The Morgan fingerprint density at radius 1 is 0.600 bits per heavy atom. The van der Waals surface area contributed by atoms with Crippen LogP contribution in [0.5, 0.6) is 0 Å². The van der Waals surface area contributed by atoms with Crippen LogP contribution in [0, 0.1) is 0 Å². The van der Waals surface area contributed by atoms with Crippen molar-refractivity contribution in [3.63, 3.8) is 0 Å². The molecule has 0 aliphatic heterocycles. The molecule has 0 bridgehead atoms. The van der Waals surface area contributed by atoms with E-state index in [1.54, 1.807) is 0 Å². The van der Waals surface area contributed by atoms with Crippen molar-refractivity contribution in [3.8, 4) is 0 Å². The minimum Gasteiger partial charge on any atom is -1.00 e. The van der Waals surface area contributed by atoms with Gasteiger partial charge in [-0.05, 0) is 0 Å². The molecule has 5 heavy (non-hydrogen) atoms. The number of hydrogen-bond donors (Lipinski definition) is 0. The minimum absolute atomic E-state index is 0. The molecule has 1 nitrogen and oxygen atoms in total. The van der Waals surface area contributed by atoms with Gasteiger partial charge in [0.05, 0.1) is 0 Å². The molecule has 0 saturated carbocycles. The van der Waals surface area contributed by atoms with E-state index >= 15 is 0 Å². The summed E-state index contributed by atoms with van der Waals surface area (Å²) in [5.41, 5.74) is 0. The molecule has 0 fully saturated rings. The summed E-state index contributed by atoms with van der Waals surface area (Å²) in [6.45, 7) is 0. The maximum absolute atomic E-state index is 0. The van der Waals surface area contributed by atoms with Gasteiger partial charge in [0.1, 0.15) is 0 Å². The topological polar surface area (TPSA) is 31.5 Å². The first-order valence-corrected chi connectivity index (χ1v) is 0. The molecule has 2 radical (unpaired) electrons. The Hall–Kier alpha value is 1.71. The van der Waals surface area contributed by atoms with E-state index in [2.05, 4.69) is 0 Å². The quantitative estimate of drug-likeness (QED) is 0.395. The van der Waals surface area contributed by atoms with Gasteiger partial charge in [-0.2, -0.15) is 0 Å². The molecule has 0 unspecified atom stereocenters. The van der Waals surface area contributed by atoms with E-state index in [9.17, 15) is 0 Å². The normalized spacial score (nSPS) is 0. The predicted octanol–water partition coefficient (Wildman–Crippen LogP) is -10.2. The second kappa shape index (κ2) is 43.2. The van der Waals surface area contributed by atoms with Gasteiger partial charge in [0, 0.05) is 0 Å². The number of hydrogen-bond acceptors (Lipinski definition) is 0. The van der Waals surface area contributed by atoms with E-state index in [-0.39, 0.29) is 68.9 Å². The molecule has 0 atom stereocenters. The van der Waals surface area contributed by atoms with Crippen molar-refractivity contribution in [3.05, 3.63) is 0 Å². The zero-order chi connectivity index (χ0) is 0. The second-order valence-electron chi connectivity index (χ2n) is 0. The first kappa shape index (κ1) is 74.7. The van der Waals surface area contributed by atoms with E-state index in [0.29, 0.717) is 0 Å². The first-order valence-electron chi connectivity index (χ1n) is 0. The Morgan fingerprint density at radius 3 is 0.600 bits per heavy atom. The fourth-order valence-corrected chi connectivity index (χ4v) is 0. The van der Waals surface area contributed by atoms with Gasteiger partial charge >= 0.3 is 26.2 Å². The summed E-state index contributed by atoms with van der Waals surface area (Å²) in [6.07, 6.45) is 0. The molecule has 0 aliphatic carbocycles. The average molecular weight is 333 g/mol. The predicted molar refractivity (Wildman–Crippen MR) is 9.37 cm³/mol. The number of rotatable bonds is 0. The Labute approximate surface area is 68.6 Å². The molecule has 0 saturated heterocycles. The Bertz CT molecular complexity index is 6.85. The summed E-state index contributed by atoms with van der Waals surface area (Å²) in [6, 6.07) is 0. The van der Waals surface area contributed by atoms with Crippen molar-refractivity contribution in [2.45, 2.75) is 0 Å². The van der Waals surface area contributed by atoms with Gasteiger partial charge in [0.15, 0.2) is 0 Å². The molecule has 2 N–H and O–H groups in total. The first-order chi connectivity index (χ1) is 0. The fraction of sp³-hybridized carbons (Fsp3) is 0. The van der Waals surface area contributed by atoms with Gasteiger partial charge in [-0.1, -0.05) is 0 Å². The SMILES string of the molecule is O.[Bi+3].[Cl-].[Cl-].[Cl-]. The van der Waals surface area contributed by atoms with E-state index in [4.69, 9.17) is 0 Å². The second-order valence-corrected chi connectivity index (χ2v) is 0. The maximum atomic E-state index is 0. The van der Waals surface area contributed by atoms with Gasteiger partial charge in [0.25, 0.3) is 0 Å². The monoisotopic (exact) mass is 332 g/mol. The van der Waals surface area contributed by atoms with Crippen molar-refractivity contribution >= 4 is 26.2 Å². The van der Waals surface area contributed by atoms with Crippen LogP contribution in [0.15, 0.2) is 0 Å². The minimum atomic E-state index is 0. The Kier molecular flexibility index (Phi) is 646. The van der Waals surface area contributed by atoms with Crippen LogP contribution in [0.2, 0.25) is 0 Å². The van der Waals surface area contributed by atoms with Crippen molar-refractivity contribution < 1.29 is 42.7 Å². The van der Waals surface area contributed by atoms with Crippen LogP contribution in [-0.2, 0) is 0 Å².